The molecule has 0 aliphatic heterocycles. The average molecular weight is 714 g/mol. The first-order chi connectivity index (χ1) is 17.7. The summed E-state index contributed by atoms with van der Waals surface area (Å²) in [5.74, 6) is 0.393. The van der Waals surface area contributed by atoms with Crippen LogP contribution in [0.3, 0.4) is 0 Å². The predicted molar refractivity (Wildman–Crippen MR) is 152 cm³/mol. The van der Waals surface area contributed by atoms with Gasteiger partial charge in [0.15, 0.2) is 0 Å². The Labute approximate surface area is 237 Å². The van der Waals surface area contributed by atoms with Crippen LogP contribution in [0.4, 0.5) is 11.4 Å². The molecule has 0 unspecified atom stereocenters. The number of nitriles is 2. The molecule has 0 heterocycles. The van der Waals surface area contributed by atoms with Gasteiger partial charge in [0.25, 0.3) is 11.4 Å². The standard InChI is InChI=1S/C26H12I2N4O5/c27-17-1-5-21(15(9-17)13-29)23-11-19(31(33)34)3-7-25(23)37-26-8-4-20(32(35)36)12-24(26)22-6-2-18(28)10-16(22)14-30/h1-12H. The zero-order valence-corrected chi connectivity index (χ0v) is 22.8. The highest BCUT2D eigenvalue weighted by Gasteiger charge is 2.21. The first-order valence-electron chi connectivity index (χ1n) is 10.4. The second-order valence-corrected chi connectivity index (χ2v) is 10.1. The van der Waals surface area contributed by atoms with E-state index in [0.29, 0.717) is 33.4 Å². The van der Waals surface area contributed by atoms with Crippen LogP contribution in [-0.2, 0) is 0 Å². The van der Waals surface area contributed by atoms with E-state index >= 15 is 0 Å². The van der Waals surface area contributed by atoms with Crippen LogP contribution in [-0.4, -0.2) is 9.85 Å². The normalized spacial score (nSPS) is 10.3. The lowest BCUT2D eigenvalue weighted by Gasteiger charge is -2.16. The molecule has 0 aliphatic rings. The van der Waals surface area contributed by atoms with Gasteiger partial charge in [0.2, 0.25) is 0 Å². The number of nitro groups is 2. The minimum atomic E-state index is -0.548. The van der Waals surface area contributed by atoms with Gasteiger partial charge >= 0.3 is 0 Å². The maximum Gasteiger partial charge on any atom is 0.270 e. The topological polar surface area (TPSA) is 143 Å². The highest BCUT2D eigenvalue weighted by Crippen LogP contribution is 2.42. The number of rotatable bonds is 6. The summed E-state index contributed by atoms with van der Waals surface area (Å²) in [7, 11) is 0. The Bertz CT molecular complexity index is 1550. The molecule has 0 aromatic heterocycles. The molecular formula is C26H12I2N4O5. The summed E-state index contributed by atoms with van der Waals surface area (Å²) in [6, 6.07) is 22.4. The second kappa shape index (κ2) is 10.9. The van der Waals surface area contributed by atoms with Crippen molar-refractivity contribution in [3.63, 3.8) is 0 Å². The van der Waals surface area contributed by atoms with Gasteiger partial charge in [0.05, 0.1) is 33.1 Å². The van der Waals surface area contributed by atoms with Crippen LogP contribution in [0.15, 0.2) is 72.8 Å². The Hall–Kier alpha value is -4.08. The first-order valence-corrected chi connectivity index (χ1v) is 12.5. The molecule has 4 rings (SSSR count). The molecule has 0 fully saturated rings. The van der Waals surface area contributed by atoms with Crippen molar-refractivity contribution in [1.29, 1.82) is 10.5 Å². The molecule has 0 bridgehead atoms. The molecule has 4 aromatic rings. The zero-order chi connectivity index (χ0) is 26.7. The quantitative estimate of drug-likeness (QED) is 0.114. The monoisotopic (exact) mass is 714 g/mol. The van der Waals surface area contributed by atoms with Gasteiger partial charge in [-0.15, -0.1) is 0 Å². The van der Waals surface area contributed by atoms with E-state index in [0.717, 1.165) is 7.14 Å². The van der Waals surface area contributed by atoms with E-state index in [4.69, 9.17) is 4.74 Å². The number of non-ortho nitro benzene ring substituents is 2. The highest BCUT2D eigenvalue weighted by atomic mass is 127. The number of ether oxygens (including phenoxy) is 1. The van der Waals surface area contributed by atoms with Gasteiger partial charge in [-0.25, -0.2) is 0 Å². The van der Waals surface area contributed by atoms with E-state index in [-0.39, 0.29) is 22.9 Å². The van der Waals surface area contributed by atoms with Gasteiger partial charge in [-0.1, -0.05) is 12.1 Å². The van der Waals surface area contributed by atoms with Gasteiger partial charge in [-0.2, -0.15) is 10.5 Å². The van der Waals surface area contributed by atoms with Crippen molar-refractivity contribution in [1.82, 2.24) is 0 Å². The third-order valence-electron chi connectivity index (χ3n) is 5.35. The van der Waals surface area contributed by atoms with E-state index in [9.17, 15) is 30.8 Å². The molecule has 0 amide bonds. The van der Waals surface area contributed by atoms with Crippen molar-refractivity contribution in [3.8, 4) is 45.9 Å². The first kappa shape index (κ1) is 26.0. The van der Waals surface area contributed by atoms with E-state index in [1.807, 2.05) is 0 Å². The van der Waals surface area contributed by atoms with Crippen LogP contribution in [0, 0.1) is 50.0 Å². The van der Waals surface area contributed by atoms with E-state index in [1.54, 1.807) is 36.4 Å². The van der Waals surface area contributed by atoms with E-state index < -0.39 is 9.85 Å². The number of hydrogen-bond donors (Lipinski definition) is 0. The SMILES string of the molecule is N#Cc1cc(I)ccc1-c1cc([N+](=O)[O-])ccc1Oc1ccc([N+](=O)[O-])cc1-c1ccc(I)cc1C#N. The molecule has 180 valence electrons. The third-order valence-corrected chi connectivity index (χ3v) is 6.69. The zero-order valence-electron chi connectivity index (χ0n) is 18.5. The maximum atomic E-state index is 11.5. The van der Waals surface area contributed by atoms with Crippen molar-refractivity contribution in [3.05, 3.63) is 111 Å². The summed E-state index contributed by atoms with van der Waals surface area (Å²) in [5.41, 5.74) is 1.66. The number of hydrogen-bond acceptors (Lipinski definition) is 7. The molecule has 0 saturated heterocycles. The van der Waals surface area contributed by atoms with E-state index in [1.165, 1.54) is 36.4 Å². The molecule has 11 heteroatoms. The molecule has 0 radical (unpaired) electrons. The summed E-state index contributed by atoms with van der Waals surface area (Å²) >= 11 is 4.13. The second-order valence-electron chi connectivity index (χ2n) is 7.58. The lowest BCUT2D eigenvalue weighted by Crippen LogP contribution is -1.97. The van der Waals surface area contributed by atoms with Crippen LogP contribution >= 0.6 is 45.2 Å². The lowest BCUT2D eigenvalue weighted by atomic mass is 9.98. The lowest BCUT2D eigenvalue weighted by molar-refractivity contribution is -0.385. The Balaban J connectivity index is 1.95. The van der Waals surface area contributed by atoms with Crippen LogP contribution in [0.25, 0.3) is 22.3 Å². The fraction of sp³-hybridized carbons (Fsp3) is 0. The van der Waals surface area contributed by atoms with Crippen molar-refractivity contribution in [2.75, 3.05) is 0 Å². The van der Waals surface area contributed by atoms with Crippen molar-refractivity contribution >= 4 is 56.6 Å². The Morgan fingerprint density at radius 2 is 1.03 bits per heavy atom. The number of nitro benzene ring substituents is 2. The molecule has 0 aliphatic carbocycles. The summed E-state index contributed by atoms with van der Waals surface area (Å²) in [6.07, 6.45) is 0. The minimum Gasteiger partial charge on any atom is -0.456 e. The fourth-order valence-electron chi connectivity index (χ4n) is 3.67. The minimum absolute atomic E-state index is 0.196. The summed E-state index contributed by atoms with van der Waals surface area (Å²) in [4.78, 5) is 21.9. The number of nitrogens with zero attached hydrogens (tertiary/aromatic N) is 4. The highest BCUT2D eigenvalue weighted by molar-refractivity contribution is 14.1. The molecule has 0 N–H and O–H groups in total. The average Bonchev–Trinajstić information content (AvgIpc) is 2.88. The van der Waals surface area contributed by atoms with E-state index in [2.05, 4.69) is 57.3 Å². The molecule has 37 heavy (non-hydrogen) atoms. The third kappa shape index (κ3) is 5.52. The predicted octanol–water partition coefficient (Wildman–Crippen LogP) is 7.58. The van der Waals surface area contributed by atoms with Crippen molar-refractivity contribution in [2.24, 2.45) is 0 Å². The largest absolute Gasteiger partial charge is 0.456 e. The molecule has 9 nitrogen and oxygen atoms in total. The summed E-state index contributed by atoms with van der Waals surface area (Å²) in [5, 5.41) is 42.4. The Morgan fingerprint density at radius 1 is 0.622 bits per heavy atom. The fourth-order valence-corrected chi connectivity index (χ4v) is 4.65. The molecule has 0 atom stereocenters. The van der Waals surface area contributed by atoms with Crippen LogP contribution in [0.1, 0.15) is 11.1 Å². The molecular weight excluding hydrogens is 702 g/mol. The van der Waals surface area contributed by atoms with Gasteiger partial charge in [-0.3, -0.25) is 20.2 Å². The van der Waals surface area contributed by atoms with Crippen molar-refractivity contribution < 1.29 is 14.6 Å². The summed E-state index contributed by atoms with van der Waals surface area (Å²) in [6.45, 7) is 0. The Morgan fingerprint density at radius 3 is 1.38 bits per heavy atom. The van der Waals surface area contributed by atoms with Crippen molar-refractivity contribution in [2.45, 2.75) is 0 Å². The molecule has 0 saturated carbocycles. The van der Waals surface area contributed by atoms with Crippen LogP contribution < -0.4 is 4.74 Å². The Kier molecular flexibility index (Phi) is 7.66. The van der Waals surface area contributed by atoms with Gasteiger partial charge < -0.3 is 4.74 Å². The molecule has 4 aromatic carbocycles. The maximum absolute atomic E-state index is 11.5. The van der Waals surface area contributed by atoms with Gasteiger partial charge in [0, 0.05) is 53.7 Å². The van der Waals surface area contributed by atoms with Crippen LogP contribution in [0.2, 0.25) is 0 Å². The smallest absolute Gasteiger partial charge is 0.270 e. The number of halogens is 2. The van der Waals surface area contributed by atoms with Gasteiger partial charge in [-0.05, 0) is 81.6 Å². The number of benzene rings is 4. The van der Waals surface area contributed by atoms with Crippen LogP contribution in [0.5, 0.6) is 11.5 Å². The molecule has 0 spiro atoms. The van der Waals surface area contributed by atoms with Gasteiger partial charge in [0.1, 0.15) is 11.5 Å². The summed E-state index contributed by atoms with van der Waals surface area (Å²) < 4.78 is 7.83.